The normalized spacial score (nSPS) is 15.1. The summed E-state index contributed by atoms with van der Waals surface area (Å²) in [7, 11) is 0. The minimum Gasteiger partial charge on any atom is -0.484 e. The molecular weight excluding hydrogens is 340 g/mol. The Morgan fingerprint density at radius 3 is 2.56 bits per heavy atom. The van der Waals surface area contributed by atoms with Crippen molar-refractivity contribution in [3.8, 4) is 5.75 Å². The van der Waals surface area contributed by atoms with E-state index in [1.54, 1.807) is 12.1 Å². The molecule has 0 atom stereocenters. The fraction of sp³-hybridized carbons (Fsp3) is 0.364. The molecule has 0 radical (unpaired) electrons. The van der Waals surface area contributed by atoms with Crippen molar-refractivity contribution >= 4 is 11.8 Å². The fourth-order valence-electron chi connectivity index (χ4n) is 3.31. The number of carbonyl (C=O) groups excluding carboxylic acids is 2. The Morgan fingerprint density at radius 1 is 1.00 bits per heavy atom. The van der Waals surface area contributed by atoms with Crippen LogP contribution in [0.3, 0.4) is 0 Å². The molecule has 2 aromatic rings. The van der Waals surface area contributed by atoms with Crippen molar-refractivity contribution in [2.24, 2.45) is 0 Å². The van der Waals surface area contributed by atoms with E-state index >= 15 is 0 Å². The zero-order valence-corrected chi connectivity index (χ0v) is 15.3. The quantitative estimate of drug-likeness (QED) is 0.794. The standard InChI is InChI=1S/C22H24N2O3/c25-21(14-27-20-11-8-16-2-1-3-18(16)12-20)23-13-15-4-6-17(7-5-15)22(26)24-19-9-10-19/h4-8,11-12,19H,1-3,9-10,13-14H2,(H,23,25)(H,24,26). The summed E-state index contributed by atoms with van der Waals surface area (Å²) in [4.78, 5) is 24.0. The van der Waals surface area contributed by atoms with Crippen LogP contribution in [0, 0.1) is 0 Å². The maximum absolute atomic E-state index is 12.0. The van der Waals surface area contributed by atoms with Crippen molar-refractivity contribution in [2.45, 2.75) is 44.7 Å². The van der Waals surface area contributed by atoms with Gasteiger partial charge < -0.3 is 15.4 Å². The summed E-state index contributed by atoms with van der Waals surface area (Å²) in [6, 6.07) is 13.7. The Morgan fingerprint density at radius 2 is 1.78 bits per heavy atom. The van der Waals surface area contributed by atoms with Gasteiger partial charge in [-0.25, -0.2) is 0 Å². The molecule has 4 rings (SSSR count). The van der Waals surface area contributed by atoms with Gasteiger partial charge in [0.05, 0.1) is 0 Å². The number of hydrogen-bond donors (Lipinski definition) is 2. The molecule has 5 nitrogen and oxygen atoms in total. The van der Waals surface area contributed by atoms with Crippen molar-refractivity contribution in [1.29, 1.82) is 0 Å². The second kappa shape index (κ2) is 7.82. The molecule has 0 bridgehead atoms. The minimum absolute atomic E-state index is 0.000659. The largest absolute Gasteiger partial charge is 0.484 e. The molecule has 1 fully saturated rings. The Labute approximate surface area is 159 Å². The van der Waals surface area contributed by atoms with Gasteiger partial charge in [0.2, 0.25) is 0 Å². The number of ether oxygens (including phenoxy) is 1. The third-order valence-electron chi connectivity index (χ3n) is 5.06. The highest BCUT2D eigenvalue weighted by molar-refractivity contribution is 5.94. The topological polar surface area (TPSA) is 67.4 Å². The van der Waals surface area contributed by atoms with Crippen LogP contribution < -0.4 is 15.4 Å². The highest BCUT2D eigenvalue weighted by Gasteiger charge is 2.23. The van der Waals surface area contributed by atoms with E-state index < -0.39 is 0 Å². The average Bonchev–Trinajstić information content (AvgIpc) is 3.38. The predicted molar refractivity (Wildman–Crippen MR) is 103 cm³/mol. The first-order chi connectivity index (χ1) is 13.2. The number of aryl methyl sites for hydroxylation is 2. The Hall–Kier alpha value is -2.82. The lowest BCUT2D eigenvalue weighted by Crippen LogP contribution is -2.28. The molecule has 2 N–H and O–H groups in total. The molecule has 2 aliphatic rings. The molecule has 27 heavy (non-hydrogen) atoms. The third kappa shape index (κ3) is 4.67. The lowest BCUT2D eigenvalue weighted by atomic mass is 10.1. The van der Waals surface area contributed by atoms with Crippen LogP contribution in [0.2, 0.25) is 0 Å². The lowest BCUT2D eigenvalue weighted by molar-refractivity contribution is -0.123. The fourth-order valence-corrected chi connectivity index (χ4v) is 3.31. The Kier molecular flexibility index (Phi) is 5.10. The van der Waals surface area contributed by atoms with Crippen molar-refractivity contribution < 1.29 is 14.3 Å². The monoisotopic (exact) mass is 364 g/mol. The highest BCUT2D eigenvalue weighted by atomic mass is 16.5. The van der Waals surface area contributed by atoms with Crippen LogP contribution in [0.4, 0.5) is 0 Å². The SMILES string of the molecule is O=C(COc1ccc2c(c1)CCC2)NCc1ccc(C(=O)NC2CC2)cc1. The molecule has 2 aliphatic carbocycles. The summed E-state index contributed by atoms with van der Waals surface area (Å²) in [5, 5.41) is 5.81. The van der Waals surface area contributed by atoms with Crippen molar-refractivity contribution in [3.05, 3.63) is 64.7 Å². The number of carbonyl (C=O) groups is 2. The van der Waals surface area contributed by atoms with E-state index in [0.29, 0.717) is 18.2 Å². The van der Waals surface area contributed by atoms with E-state index in [-0.39, 0.29) is 18.4 Å². The molecule has 1 saturated carbocycles. The molecule has 140 valence electrons. The van der Waals surface area contributed by atoms with E-state index in [4.69, 9.17) is 4.74 Å². The number of benzene rings is 2. The van der Waals surface area contributed by atoms with Crippen LogP contribution >= 0.6 is 0 Å². The Balaban J connectivity index is 1.22. The Bertz CT molecular complexity index is 841. The van der Waals surface area contributed by atoms with Crippen molar-refractivity contribution in [1.82, 2.24) is 10.6 Å². The molecule has 0 aromatic heterocycles. The van der Waals surface area contributed by atoms with Gasteiger partial charge in [-0.3, -0.25) is 9.59 Å². The zero-order valence-electron chi connectivity index (χ0n) is 15.3. The molecule has 5 heteroatoms. The first kappa shape index (κ1) is 17.6. The second-order valence-electron chi connectivity index (χ2n) is 7.29. The van der Waals surface area contributed by atoms with Gasteiger partial charge in [-0.2, -0.15) is 0 Å². The van der Waals surface area contributed by atoms with E-state index in [9.17, 15) is 9.59 Å². The summed E-state index contributed by atoms with van der Waals surface area (Å²) in [6.07, 6.45) is 5.57. The van der Waals surface area contributed by atoms with Crippen LogP contribution in [0.1, 0.15) is 46.3 Å². The number of hydrogen-bond acceptors (Lipinski definition) is 3. The number of fused-ring (bicyclic) bond motifs is 1. The molecule has 0 aliphatic heterocycles. The minimum atomic E-state index is -0.161. The van der Waals surface area contributed by atoms with Gasteiger partial charge in [0, 0.05) is 18.2 Å². The van der Waals surface area contributed by atoms with Crippen LogP contribution in [-0.4, -0.2) is 24.5 Å². The summed E-state index contributed by atoms with van der Waals surface area (Å²) in [5.41, 5.74) is 4.32. The van der Waals surface area contributed by atoms with Crippen molar-refractivity contribution in [2.75, 3.05) is 6.61 Å². The van der Waals surface area contributed by atoms with Gasteiger partial charge in [-0.15, -0.1) is 0 Å². The predicted octanol–water partition coefficient (Wildman–Crippen LogP) is 2.76. The van der Waals surface area contributed by atoms with E-state index in [1.807, 2.05) is 24.3 Å². The summed E-state index contributed by atoms with van der Waals surface area (Å²) in [5.74, 6) is 0.554. The van der Waals surface area contributed by atoms with Gasteiger partial charge in [-0.1, -0.05) is 18.2 Å². The number of amides is 2. The lowest BCUT2D eigenvalue weighted by Gasteiger charge is -2.09. The van der Waals surface area contributed by atoms with Gasteiger partial charge in [0.15, 0.2) is 6.61 Å². The molecule has 2 amide bonds. The highest BCUT2D eigenvalue weighted by Crippen LogP contribution is 2.26. The van der Waals surface area contributed by atoms with Crippen LogP contribution in [-0.2, 0) is 24.2 Å². The van der Waals surface area contributed by atoms with E-state index in [1.165, 1.54) is 17.5 Å². The van der Waals surface area contributed by atoms with Gasteiger partial charge in [-0.05, 0) is 73.1 Å². The second-order valence-corrected chi connectivity index (χ2v) is 7.29. The molecular formula is C22H24N2O3. The maximum Gasteiger partial charge on any atom is 0.258 e. The van der Waals surface area contributed by atoms with Crippen LogP contribution in [0.5, 0.6) is 5.75 Å². The number of rotatable bonds is 7. The van der Waals surface area contributed by atoms with Crippen LogP contribution in [0.15, 0.2) is 42.5 Å². The van der Waals surface area contributed by atoms with Crippen molar-refractivity contribution in [3.63, 3.8) is 0 Å². The zero-order chi connectivity index (χ0) is 18.6. The molecule has 0 spiro atoms. The van der Waals surface area contributed by atoms with Gasteiger partial charge in [0.1, 0.15) is 5.75 Å². The summed E-state index contributed by atoms with van der Waals surface area (Å²) < 4.78 is 5.61. The van der Waals surface area contributed by atoms with E-state index in [0.717, 1.165) is 37.0 Å². The average molecular weight is 364 g/mol. The van der Waals surface area contributed by atoms with Gasteiger partial charge >= 0.3 is 0 Å². The molecule has 0 heterocycles. The smallest absolute Gasteiger partial charge is 0.258 e. The maximum atomic E-state index is 12.0. The van der Waals surface area contributed by atoms with Crippen LogP contribution in [0.25, 0.3) is 0 Å². The molecule has 0 saturated heterocycles. The molecule has 2 aromatic carbocycles. The van der Waals surface area contributed by atoms with Gasteiger partial charge in [0.25, 0.3) is 11.8 Å². The molecule has 0 unspecified atom stereocenters. The first-order valence-corrected chi connectivity index (χ1v) is 9.58. The number of nitrogens with one attached hydrogen (secondary N) is 2. The van der Waals surface area contributed by atoms with E-state index in [2.05, 4.69) is 16.7 Å². The summed E-state index contributed by atoms with van der Waals surface area (Å²) >= 11 is 0. The summed E-state index contributed by atoms with van der Waals surface area (Å²) in [6.45, 7) is 0.414. The third-order valence-corrected chi connectivity index (χ3v) is 5.06. The first-order valence-electron chi connectivity index (χ1n) is 9.58.